The van der Waals surface area contributed by atoms with E-state index < -0.39 is 0 Å². The van der Waals surface area contributed by atoms with Gasteiger partial charge in [0.05, 0.1) is 17.6 Å². The third kappa shape index (κ3) is 5.21. The zero-order chi connectivity index (χ0) is 15.2. The lowest BCUT2D eigenvalue weighted by atomic mass is 10.1. The zero-order valence-corrected chi connectivity index (χ0v) is 13.5. The Morgan fingerprint density at radius 1 is 1.00 bits per heavy atom. The van der Waals surface area contributed by atoms with Crippen molar-refractivity contribution < 1.29 is 4.57 Å². The fraction of sp³-hybridized carbons (Fsp3) is 0.529. The van der Waals surface area contributed by atoms with E-state index in [1.807, 2.05) is 31.7 Å². The number of rotatable bonds is 6. The highest BCUT2D eigenvalue weighted by atomic mass is 15.0. The Labute approximate surface area is 127 Å². The molecule has 0 amide bonds. The van der Waals surface area contributed by atoms with Gasteiger partial charge in [0.1, 0.15) is 5.69 Å². The van der Waals surface area contributed by atoms with Crippen LogP contribution in [-0.2, 0) is 19.4 Å². The molecule has 0 aromatic carbocycles. The molecule has 21 heavy (non-hydrogen) atoms. The molecule has 0 aliphatic carbocycles. The quantitative estimate of drug-likeness (QED) is 0.766. The predicted octanol–water partition coefficient (Wildman–Crippen LogP) is 2.54. The third-order valence-electron chi connectivity index (χ3n) is 3.35. The van der Waals surface area contributed by atoms with Crippen LogP contribution in [0.5, 0.6) is 0 Å². The molecule has 0 fully saturated rings. The molecule has 0 radical (unpaired) electrons. The molecule has 2 aromatic rings. The first-order chi connectivity index (χ1) is 10.0. The largest absolute Gasteiger partial charge is 0.258 e. The highest BCUT2D eigenvalue weighted by Gasteiger charge is 2.12. The van der Waals surface area contributed by atoms with Crippen LogP contribution in [0.3, 0.4) is 0 Å². The Morgan fingerprint density at radius 2 is 1.81 bits per heavy atom. The average molecular weight is 285 g/mol. The maximum Gasteiger partial charge on any atom is 0.190 e. The summed E-state index contributed by atoms with van der Waals surface area (Å²) in [4.78, 5) is 13.2. The van der Waals surface area contributed by atoms with Gasteiger partial charge in [0.15, 0.2) is 18.9 Å². The Morgan fingerprint density at radius 3 is 2.48 bits per heavy atom. The van der Waals surface area contributed by atoms with E-state index in [0.29, 0.717) is 11.8 Å². The molecule has 0 bridgehead atoms. The molecule has 0 aliphatic heterocycles. The van der Waals surface area contributed by atoms with Crippen molar-refractivity contribution in [3.63, 3.8) is 0 Å². The minimum absolute atomic E-state index is 0.515. The second-order valence-corrected chi connectivity index (χ2v) is 6.30. The van der Waals surface area contributed by atoms with Crippen LogP contribution in [0.25, 0.3) is 0 Å². The van der Waals surface area contributed by atoms with Crippen molar-refractivity contribution in [1.29, 1.82) is 0 Å². The van der Waals surface area contributed by atoms with Crippen molar-refractivity contribution >= 4 is 0 Å². The van der Waals surface area contributed by atoms with Gasteiger partial charge in [-0.05, 0) is 25.7 Å². The van der Waals surface area contributed by atoms with Crippen molar-refractivity contribution in [2.75, 3.05) is 0 Å². The fourth-order valence-corrected chi connectivity index (χ4v) is 2.43. The molecule has 1 unspecified atom stereocenters. The van der Waals surface area contributed by atoms with Gasteiger partial charge >= 0.3 is 0 Å². The van der Waals surface area contributed by atoms with Crippen LogP contribution >= 0.6 is 0 Å². The number of aromatic nitrogens is 4. The van der Waals surface area contributed by atoms with Crippen molar-refractivity contribution in [1.82, 2.24) is 15.0 Å². The summed E-state index contributed by atoms with van der Waals surface area (Å²) in [5.41, 5.74) is 3.19. The van der Waals surface area contributed by atoms with Crippen LogP contribution in [0.2, 0.25) is 0 Å². The van der Waals surface area contributed by atoms with Gasteiger partial charge in [0.2, 0.25) is 0 Å². The first kappa shape index (κ1) is 15.5. The van der Waals surface area contributed by atoms with Crippen molar-refractivity contribution in [2.45, 2.75) is 47.1 Å². The van der Waals surface area contributed by atoms with Gasteiger partial charge in [0, 0.05) is 18.3 Å². The highest BCUT2D eigenvalue weighted by Crippen LogP contribution is 2.06. The number of hydrogen-bond acceptors (Lipinski definition) is 3. The SMILES string of the molecule is Cc1cnc(CC(C)C[n+]2ccnc(CC(C)C)c2)cn1. The molecule has 4 nitrogen and oxygen atoms in total. The lowest BCUT2D eigenvalue weighted by molar-refractivity contribution is -0.703. The molecule has 0 spiro atoms. The molecule has 112 valence electrons. The van der Waals surface area contributed by atoms with Crippen LogP contribution in [-0.4, -0.2) is 15.0 Å². The van der Waals surface area contributed by atoms with E-state index in [4.69, 9.17) is 0 Å². The minimum atomic E-state index is 0.515. The molecular formula is C17H25N4+. The fourth-order valence-electron chi connectivity index (χ4n) is 2.43. The van der Waals surface area contributed by atoms with Gasteiger partial charge in [-0.25, -0.2) is 9.55 Å². The van der Waals surface area contributed by atoms with E-state index in [9.17, 15) is 0 Å². The van der Waals surface area contributed by atoms with Gasteiger partial charge in [-0.3, -0.25) is 9.97 Å². The maximum atomic E-state index is 4.44. The standard InChI is InChI=1S/C17H25N4/c1-13(2)7-17-12-21(6-5-18-17)11-14(3)8-16-10-19-15(4)9-20-16/h5-6,9-10,12-14H,7-8,11H2,1-4H3/q+1. The van der Waals surface area contributed by atoms with Crippen LogP contribution < -0.4 is 4.57 Å². The summed E-state index contributed by atoms with van der Waals surface area (Å²) in [5, 5.41) is 0. The second kappa shape index (κ2) is 7.25. The van der Waals surface area contributed by atoms with E-state index in [-0.39, 0.29) is 0 Å². The predicted molar refractivity (Wildman–Crippen MR) is 82.6 cm³/mol. The monoisotopic (exact) mass is 285 g/mol. The van der Waals surface area contributed by atoms with E-state index in [1.165, 1.54) is 0 Å². The minimum Gasteiger partial charge on any atom is -0.258 e. The van der Waals surface area contributed by atoms with Gasteiger partial charge < -0.3 is 0 Å². The zero-order valence-electron chi connectivity index (χ0n) is 13.5. The average Bonchev–Trinajstić information content (AvgIpc) is 2.41. The maximum absolute atomic E-state index is 4.44. The summed E-state index contributed by atoms with van der Waals surface area (Å²) in [7, 11) is 0. The summed E-state index contributed by atoms with van der Waals surface area (Å²) in [6, 6.07) is 0. The first-order valence-corrected chi connectivity index (χ1v) is 7.64. The Kier molecular flexibility index (Phi) is 5.37. The smallest absolute Gasteiger partial charge is 0.190 e. The van der Waals surface area contributed by atoms with Gasteiger partial charge in [-0.1, -0.05) is 20.8 Å². The van der Waals surface area contributed by atoms with Crippen LogP contribution in [0.1, 0.15) is 37.9 Å². The van der Waals surface area contributed by atoms with Crippen LogP contribution in [0.15, 0.2) is 31.0 Å². The van der Waals surface area contributed by atoms with E-state index >= 15 is 0 Å². The Balaban J connectivity index is 1.95. The highest BCUT2D eigenvalue weighted by molar-refractivity contribution is 5.01. The Hall–Kier alpha value is -1.84. The number of hydrogen-bond donors (Lipinski definition) is 0. The van der Waals surface area contributed by atoms with Crippen molar-refractivity contribution in [3.8, 4) is 0 Å². The van der Waals surface area contributed by atoms with Crippen LogP contribution in [0, 0.1) is 18.8 Å². The van der Waals surface area contributed by atoms with Gasteiger partial charge in [-0.15, -0.1) is 0 Å². The normalized spacial score (nSPS) is 12.6. The molecule has 2 rings (SSSR count). The molecule has 0 saturated carbocycles. The third-order valence-corrected chi connectivity index (χ3v) is 3.35. The summed E-state index contributed by atoms with van der Waals surface area (Å²) < 4.78 is 2.23. The Bertz CT molecular complexity index is 563. The topological polar surface area (TPSA) is 42.5 Å². The number of nitrogens with zero attached hydrogens (tertiary/aromatic N) is 4. The van der Waals surface area contributed by atoms with Gasteiger partial charge in [0.25, 0.3) is 0 Å². The van der Waals surface area contributed by atoms with E-state index in [0.717, 1.165) is 36.5 Å². The summed E-state index contributed by atoms with van der Waals surface area (Å²) in [5.74, 6) is 1.15. The summed E-state index contributed by atoms with van der Waals surface area (Å²) >= 11 is 0. The van der Waals surface area contributed by atoms with Crippen LogP contribution in [0.4, 0.5) is 0 Å². The molecule has 4 heteroatoms. The lowest BCUT2D eigenvalue weighted by Gasteiger charge is -2.08. The molecule has 0 aliphatic rings. The lowest BCUT2D eigenvalue weighted by Crippen LogP contribution is -2.37. The number of aryl methyl sites for hydroxylation is 1. The molecule has 2 heterocycles. The second-order valence-electron chi connectivity index (χ2n) is 6.30. The molecule has 1 atom stereocenters. The molecule has 2 aromatic heterocycles. The first-order valence-electron chi connectivity index (χ1n) is 7.64. The van der Waals surface area contributed by atoms with Crippen molar-refractivity contribution in [2.24, 2.45) is 11.8 Å². The molecule has 0 N–H and O–H groups in total. The van der Waals surface area contributed by atoms with E-state index in [1.54, 1.807) is 0 Å². The summed E-state index contributed by atoms with van der Waals surface area (Å²) in [6.07, 6.45) is 11.8. The molecular weight excluding hydrogens is 260 g/mol. The van der Waals surface area contributed by atoms with E-state index in [2.05, 4.69) is 46.5 Å². The molecule has 0 saturated heterocycles. The summed E-state index contributed by atoms with van der Waals surface area (Å²) in [6.45, 7) is 9.62. The van der Waals surface area contributed by atoms with Gasteiger partial charge in [-0.2, -0.15) is 0 Å². The van der Waals surface area contributed by atoms with Crippen molar-refractivity contribution in [3.05, 3.63) is 48.1 Å².